The average Bonchev–Trinajstić information content (AvgIpc) is 3.05. The molecule has 4 rings (SSSR count). The van der Waals surface area contributed by atoms with Crippen LogP contribution in [-0.2, 0) is 0 Å². The molecular formula is C22H28Cl2N2S. The molecule has 0 aliphatic heterocycles. The summed E-state index contributed by atoms with van der Waals surface area (Å²) in [6.07, 6.45) is 9.67. The standard InChI is InChI=1S/C22H28Cl2N2S/c1-3-12-26(14-22(10-11-22)16-6-4-5-7-16)21-25-20(15(2)27-21)18-9-8-17(23)13-19(18)24/h8-9,13,16H,3-7,10-12,14H2,1-2H3. The topological polar surface area (TPSA) is 16.1 Å². The first-order valence-electron chi connectivity index (χ1n) is 10.2. The van der Waals surface area contributed by atoms with Gasteiger partial charge in [0.2, 0.25) is 0 Å². The molecule has 0 radical (unpaired) electrons. The summed E-state index contributed by atoms with van der Waals surface area (Å²) in [6.45, 7) is 6.66. The molecule has 1 heterocycles. The molecule has 1 aromatic carbocycles. The number of hydrogen-bond acceptors (Lipinski definition) is 3. The quantitative estimate of drug-likeness (QED) is 0.455. The number of aryl methyl sites for hydroxylation is 1. The van der Waals surface area contributed by atoms with Crippen LogP contribution in [0.15, 0.2) is 18.2 Å². The van der Waals surface area contributed by atoms with Crippen molar-refractivity contribution >= 4 is 39.7 Å². The third-order valence-electron chi connectivity index (χ3n) is 6.35. The summed E-state index contributed by atoms with van der Waals surface area (Å²) in [7, 11) is 0. The first-order chi connectivity index (χ1) is 13.0. The van der Waals surface area contributed by atoms with Gasteiger partial charge in [-0.25, -0.2) is 4.98 Å². The van der Waals surface area contributed by atoms with Crippen molar-refractivity contribution in [3.63, 3.8) is 0 Å². The molecule has 2 aliphatic carbocycles. The van der Waals surface area contributed by atoms with Gasteiger partial charge in [0, 0.05) is 28.6 Å². The zero-order chi connectivity index (χ0) is 19.0. The van der Waals surface area contributed by atoms with E-state index >= 15 is 0 Å². The Morgan fingerprint density at radius 3 is 2.59 bits per heavy atom. The Hall–Kier alpha value is -0.770. The molecule has 0 amide bonds. The van der Waals surface area contributed by atoms with E-state index in [9.17, 15) is 0 Å². The lowest BCUT2D eigenvalue weighted by Crippen LogP contribution is -2.34. The molecule has 2 nitrogen and oxygen atoms in total. The van der Waals surface area contributed by atoms with Crippen LogP contribution in [0.3, 0.4) is 0 Å². The molecule has 27 heavy (non-hydrogen) atoms. The van der Waals surface area contributed by atoms with Gasteiger partial charge in [0.15, 0.2) is 5.13 Å². The maximum absolute atomic E-state index is 6.46. The largest absolute Gasteiger partial charge is 0.348 e. The van der Waals surface area contributed by atoms with Crippen molar-refractivity contribution in [2.45, 2.75) is 58.8 Å². The zero-order valence-corrected chi connectivity index (χ0v) is 18.6. The summed E-state index contributed by atoms with van der Waals surface area (Å²) >= 11 is 14.3. The summed E-state index contributed by atoms with van der Waals surface area (Å²) in [5.74, 6) is 0.933. The predicted molar refractivity (Wildman–Crippen MR) is 118 cm³/mol. The Balaban J connectivity index is 1.60. The van der Waals surface area contributed by atoms with Gasteiger partial charge in [-0.05, 0) is 68.6 Å². The summed E-state index contributed by atoms with van der Waals surface area (Å²) in [5.41, 5.74) is 2.54. The maximum Gasteiger partial charge on any atom is 0.186 e. The van der Waals surface area contributed by atoms with E-state index in [1.807, 2.05) is 12.1 Å². The van der Waals surface area contributed by atoms with E-state index in [-0.39, 0.29) is 0 Å². The SMILES string of the molecule is CCCN(CC1(C2CCCC2)CC1)c1nc(-c2ccc(Cl)cc2Cl)c(C)s1. The van der Waals surface area contributed by atoms with E-state index < -0.39 is 0 Å². The first kappa shape index (κ1) is 19.5. The van der Waals surface area contributed by atoms with Gasteiger partial charge in [0.05, 0.1) is 10.7 Å². The highest BCUT2D eigenvalue weighted by Gasteiger charge is 2.50. The minimum absolute atomic E-state index is 0.559. The number of hydrogen-bond donors (Lipinski definition) is 0. The summed E-state index contributed by atoms with van der Waals surface area (Å²) in [6, 6.07) is 5.69. The molecule has 0 saturated heterocycles. The Morgan fingerprint density at radius 1 is 1.22 bits per heavy atom. The van der Waals surface area contributed by atoms with Gasteiger partial charge in [0.1, 0.15) is 0 Å². The van der Waals surface area contributed by atoms with Crippen molar-refractivity contribution in [3.05, 3.63) is 33.1 Å². The van der Waals surface area contributed by atoms with Crippen molar-refractivity contribution in [3.8, 4) is 11.3 Å². The maximum atomic E-state index is 6.46. The fourth-order valence-electron chi connectivity index (χ4n) is 4.74. The number of anilines is 1. The highest BCUT2D eigenvalue weighted by molar-refractivity contribution is 7.16. The second-order valence-electron chi connectivity index (χ2n) is 8.29. The summed E-state index contributed by atoms with van der Waals surface area (Å²) in [4.78, 5) is 8.82. The van der Waals surface area contributed by atoms with Gasteiger partial charge in [-0.15, -0.1) is 11.3 Å². The van der Waals surface area contributed by atoms with Crippen LogP contribution >= 0.6 is 34.5 Å². The van der Waals surface area contributed by atoms with E-state index in [4.69, 9.17) is 28.2 Å². The van der Waals surface area contributed by atoms with E-state index in [0.717, 1.165) is 35.3 Å². The molecule has 0 bridgehead atoms. The molecule has 0 unspecified atom stereocenters. The molecule has 0 spiro atoms. The van der Waals surface area contributed by atoms with E-state index in [2.05, 4.69) is 18.7 Å². The lowest BCUT2D eigenvalue weighted by molar-refractivity contribution is 0.314. The number of aromatic nitrogens is 1. The highest BCUT2D eigenvalue weighted by Crippen LogP contribution is 2.58. The van der Waals surface area contributed by atoms with Crippen molar-refractivity contribution in [1.82, 2.24) is 4.98 Å². The van der Waals surface area contributed by atoms with Crippen LogP contribution in [0, 0.1) is 18.3 Å². The van der Waals surface area contributed by atoms with Gasteiger partial charge >= 0.3 is 0 Å². The first-order valence-corrected chi connectivity index (χ1v) is 11.8. The number of nitrogens with zero attached hydrogens (tertiary/aromatic N) is 2. The lowest BCUT2D eigenvalue weighted by atomic mass is 9.87. The van der Waals surface area contributed by atoms with Crippen LogP contribution in [-0.4, -0.2) is 18.1 Å². The highest BCUT2D eigenvalue weighted by atomic mass is 35.5. The molecule has 0 atom stereocenters. The van der Waals surface area contributed by atoms with Crippen molar-refractivity contribution in [1.29, 1.82) is 0 Å². The average molecular weight is 423 g/mol. The third kappa shape index (κ3) is 4.02. The normalized spacial score (nSPS) is 18.8. The Bertz CT molecular complexity index is 807. The lowest BCUT2D eigenvalue weighted by Gasteiger charge is -2.30. The molecule has 0 N–H and O–H groups in total. The Morgan fingerprint density at radius 2 is 1.96 bits per heavy atom. The minimum Gasteiger partial charge on any atom is -0.348 e. The van der Waals surface area contributed by atoms with E-state index in [0.29, 0.717) is 15.5 Å². The van der Waals surface area contributed by atoms with Crippen molar-refractivity contribution in [2.24, 2.45) is 11.3 Å². The number of halogens is 2. The van der Waals surface area contributed by atoms with Crippen LogP contribution in [0.2, 0.25) is 10.0 Å². The molecule has 2 fully saturated rings. The molecule has 146 valence electrons. The number of thiazole rings is 1. The molecule has 1 aromatic heterocycles. The predicted octanol–water partition coefficient (Wildman–Crippen LogP) is 7.61. The van der Waals surface area contributed by atoms with Gasteiger partial charge in [-0.1, -0.05) is 43.0 Å². The second kappa shape index (κ2) is 7.93. The number of rotatable bonds is 7. The van der Waals surface area contributed by atoms with Gasteiger partial charge in [0.25, 0.3) is 0 Å². The van der Waals surface area contributed by atoms with Crippen molar-refractivity contribution in [2.75, 3.05) is 18.0 Å². The molecule has 5 heteroatoms. The fraction of sp³-hybridized carbons (Fsp3) is 0.591. The van der Waals surface area contributed by atoms with Crippen LogP contribution in [0.4, 0.5) is 5.13 Å². The van der Waals surface area contributed by atoms with Crippen LogP contribution in [0.5, 0.6) is 0 Å². The monoisotopic (exact) mass is 422 g/mol. The van der Waals surface area contributed by atoms with E-state index in [1.54, 1.807) is 17.4 Å². The van der Waals surface area contributed by atoms with Crippen LogP contribution in [0.1, 0.15) is 56.7 Å². The molecule has 2 aliphatic rings. The Labute approximate surface area is 176 Å². The number of benzene rings is 1. The molecule has 2 aromatic rings. The van der Waals surface area contributed by atoms with Crippen LogP contribution in [0.25, 0.3) is 11.3 Å². The van der Waals surface area contributed by atoms with Crippen molar-refractivity contribution < 1.29 is 0 Å². The second-order valence-corrected chi connectivity index (χ2v) is 10.3. The van der Waals surface area contributed by atoms with Crippen LogP contribution < -0.4 is 4.90 Å². The third-order valence-corrected chi connectivity index (χ3v) is 7.93. The molecular weight excluding hydrogens is 395 g/mol. The smallest absolute Gasteiger partial charge is 0.186 e. The zero-order valence-electron chi connectivity index (χ0n) is 16.2. The van der Waals surface area contributed by atoms with Gasteiger partial charge in [-0.3, -0.25) is 0 Å². The minimum atomic E-state index is 0.559. The summed E-state index contributed by atoms with van der Waals surface area (Å²) in [5, 5.41) is 2.49. The van der Waals surface area contributed by atoms with Gasteiger partial charge < -0.3 is 4.90 Å². The van der Waals surface area contributed by atoms with Gasteiger partial charge in [-0.2, -0.15) is 0 Å². The Kier molecular flexibility index (Phi) is 5.74. The fourth-order valence-corrected chi connectivity index (χ4v) is 6.18. The van der Waals surface area contributed by atoms with E-state index in [1.165, 1.54) is 49.9 Å². The molecule has 2 saturated carbocycles. The summed E-state index contributed by atoms with van der Waals surface area (Å²) < 4.78 is 0.